The van der Waals surface area contributed by atoms with Crippen molar-refractivity contribution in [2.24, 2.45) is 0 Å². The highest BCUT2D eigenvalue weighted by Gasteiger charge is 2.28. The summed E-state index contributed by atoms with van der Waals surface area (Å²) in [5.74, 6) is 1.19. The van der Waals surface area contributed by atoms with E-state index in [-0.39, 0.29) is 11.6 Å². The molecular weight excluding hydrogens is 793 g/mol. The van der Waals surface area contributed by atoms with E-state index in [0.717, 1.165) is 77.2 Å². The molecule has 0 unspecified atom stereocenters. The van der Waals surface area contributed by atoms with Crippen LogP contribution in [0.5, 0.6) is 0 Å². The van der Waals surface area contributed by atoms with E-state index >= 15 is 0 Å². The molecule has 0 aliphatic heterocycles. The van der Waals surface area contributed by atoms with Crippen LogP contribution in [0.2, 0.25) is 0 Å². The Kier molecular flexibility index (Phi) is 10.2. The number of carbonyl (C=O) groups is 2. The van der Waals surface area contributed by atoms with Crippen molar-refractivity contribution in [3.63, 3.8) is 0 Å². The van der Waals surface area contributed by atoms with Crippen LogP contribution in [-0.4, -0.2) is 11.6 Å². The summed E-state index contributed by atoms with van der Waals surface area (Å²) in [7, 11) is 0. The van der Waals surface area contributed by atoms with E-state index in [9.17, 15) is 9.59 Å². The summed E-state index contributed by atoms with van der Waals surface area (Å²) >= 11 is 0. The monoisotopic (exact) mass is 832 g/mol. The van der Waals surface area contributed by atoms with Crippen LogP contribution < -0.4 is 0 Å². The highest BCUT2D eigenvalue weighted by Crippen LogP contribution is 2.42. The number of hydrogen-bond acceptors (Lipinski definition) is 3. The van der Waals surface area contributed by atoms with Gasteiger partial charge in [0.2, 0.25) is 0 Å². The Hall–Kier alpha value is -8.66. The van der Waals surface area contributed by atoms with E-state index in [4.69, 9.17) is 4.42 Å². The molecule has 8 aromatic carbocycles. The second-order valence-electron chi connectivity index (χ2n) is 16.3. The van der Waals surface area contributed by atoms with Crippen LogP contribution in [0.15, 0.2) is 258 Å². The summed E-state index contributed by atoms with van der Waals surface area (Å²) in [5.41, 5.74) is 11.1. The van der Waals surface area contributed by atoms with Gasteiger partial charge >= 0.3 is 0 Å². The number of hydrogen-bond donors (Lipinski definition) is 0. The van der Waals surface area contributed by atoms with Crippen molar-refractivity contribution in [3.8, 4) is 0 Å². The quantitative estimate of drug-likeness (QED) is 0.153. The van der Waals surface area contributed by atoms with Crippen molar-refractivity contribution in [2.45, 2.75) is 0 Å². The zero-order valence-electron chi connectivity index (χ0n) is 35.3. The average Bonchev–Trinajstić information content (AvgIpc) is 3.84. The molecule has 306 valence electrons. The van der Waals surface area contributed by atoms with Crippen LogP contribution in [0.1, 0.15) is 44.9 Å². The molecule has 3 heteroatoms. The molecule has 1 heterocycles. The first kappa shape index (κ1) is 39.2. The number of furan rings is 1. The molecule has 0 saturated carbocycles. The average molecular weight is 833 g/mol. The molecule has 0 spiro atoms. The van der Waals surface area contributed by atoms with Gasteiger partial charge in [-0.3, -0.25) is 9.59 Å². The number of allylic oxidation sites excluding steroid dienone is 10. The van der Waals surface area contributed by atoms with Crippen molar-refractivity contribution in [2.75, 3.05) is 0 Å². The molecule has 9 aromatic rings. The maximum Gasteiger partial charge on any atom is 0.194 e. The van der Waals surface area contributed by atoms with Gasteiger partial charge in [-0.25, -0.2) is 0 Å². The summed E-state index contributed by atoms with van der Waals surface area (Å²) in [6, 6.07) is 73.2. The summed E-state index contributed by atoms with van der Waals surface area (Å²) < 4.78 is 7.26. The standard InChI is InChI=1S/C62H40O3/c63-61-53(43-19-5-1-6-20-43)37-51(38-54(61)44-21-7-2-8-22-44)59(49-31-29-41-17-13-15-27-47(41)35-49)57-33-34-58(65-57)60(50-32-30-42-18-14-16-28-48(42)36-50)52-39-55(45-23-9-3-10-24-45)62(64)56(40-52)46-25-11-4-12-26-46/h1-40H. The lowest BCUT2D eigenvalue weighted by Crippen LogP contribution is -2.10. The molecule has 3 nitrogen and oxygen atoms in total. The molecular formula is C62H40O3. The van der Waals surface area contributed by atoms with Crippen LogP contribution in [-0.2, 0) is 9.59 Å². The smallest absolute Gasteiger partial charge is 0.194 e. The lowest BCUT2D eigenvalue weighted by molar-refractivity contribution is -0.109. The number of carbonyl (C=O) groups excluding carboxylic acids is 2. The molecule has 2 aliphatic carbocycles. The molecule has 0 N–H and O–H groups in total. The molecule has 11 rings (SSSR count). The van der Waals surface area contributed by atoms with E-state index in [1.807, 2.05) is 170 Å². The Labute approximate surface area is 377 Å². The normalized spacial score (nSPS) is 13.9. The first-order valence-corrected chi connectivity index (χ1v) is 21.8. The SMILES string of the molecule is O=C1C(c2ccccc2)=CC(=C(c2ccc3ccccc3c2)c2ccc(C(=C3C=C(c4ccccc4)C(=O)C(c4ccccc4)=C3)c3ccc4ccccc4c3)o2)C=C1c1ccccc1. The summed E-state index contributed by atoms with van der Waals surface area (Å²) in [6.45, 7) is 0. The summed E-state index contributed by atoms with van der Waals surface area (Å²) in [4.78, 5) is 29.0. The number of Topliss-reactive ketones (excluding diaryl/α,β-unsaturated/α-hetero) is 2. The van der Waals surface area contributed by atoms with Crippen LogP contribution >= 0.6 is 0 Å². The molecule has 2 aliphatic rings. The predicted octanol–water partition coefficient (Wildman–Crippen LogP) is 14.7. The molecule has 0 amide bonds. The highest BCUT2D eigenvalue weighted by atomic mass is 16.3. The zero-order chi connectivity index (χ0) is 43.7. The van der Waals surface area contributed by atoms with Crippen LogP contribution in [0.3, 0.4) is 0 Å². The van der Waals surface area contributed by atoms with E-state index < -0.39 is 0 Å². The van der Waals surface area contributed by atoms with E-state index in [1.54, 1.807) is 0 Å². The minimum absolute atomic E-state index is 0.0404. The Morgan fingerprint density at radius 3 is 0.908 bits per heavy atom. The fourth-order valence-electron chi connectivity index (χ4n) is 9.07. The molecule has 0 atom stereocenters. The Morgan fingerprint density at radius 2 is 0.585 bits per heavy atom. The Balaban J connectivity index is 1.19. The Bertz CT molecular complexity index is 3160. The third-order valence-corrected chi connectivity index (χ3v) is 12.3. The zero-order valence-corrected chi connectivity index (χ0v) is 35.3. The third kappa shape index (κ3) is 7.56. The van der Waals surface area contributed by atoms with Gasteiger partial charge in [0.15, 0.2) is 11.6 Å². The minimum Gasteiger partial charge on any atom is -0.456 e. The topological polar surface area (TPSA) is 47.3 Å². The van der Waals surface area contributed by atoms with Crippen molar-refractivity contribution in [1.82, 2.24) is 0 Å². The molecule has 0 radical (unpaired) electrons. The van der Waals surface area contributed by atoms with E-state index in [1.165, 1.54) is 0 Å². The van der Waals surface area contributed by atoms with Gasteiger partial charge in [0.1, 0.15) is 11.5 Å². The third-order valence-electron chi connectivity index (χ3n) is 12.3. The first-order valence-electron chi connectivity index (χ1n) is 21.8. The van der Waals surface area contributed by atoms with Crippen LogP contribution in [0.25, 0.3) is 55.0 Å². The molecule has 1 aromatic heterocycles. The fourth-order valence-corrected chi connectivity index (χ4v) is 9.07. The maximum atomic E-state index is 14.5. The Morgan fingerprint density at radius 1 is 0.292 bits per heavy atom. The van der Waals surface area contributed by atoms with E-state index in [0.29, 0.717) is 33.8 Å². The van der Waals surface area contributed by atoms with Gasteiger partial charge in [0.25, 0.3) is 0 Å². The second-order valence-corrected chi connectivity index (χ2v) is 16.3. The number of fused-ring (bicyclic) bond motifs is 2. The van der Waals surface area contributed by atoms with Gasteiger partial charge in [-0.15, -0.1) is 0 Å². The minimum atomic E-state index is -0.0404. The lowest BCUT2D eigenvalue weighted by Gasteiger charge is -2.20. The van der Waals surface area contributed by atoms with Crippen molar-refractivity contribution in [1.29, 1.82) is 0 Å². The number of benzene rings is 8. The van der Waals surface area contributed by atoms with Gasteiger partial charge in [-0.2, -0.15) is 0 Å². The highest BCUT2D eigenvalue weighted by molar-refractivity contribution is 6.45. The van der Waals surface area contributed by atoms with Gasteiger partial charge in [-0.05, 0) is 115 Å². The summed E-state index contributed by atoms with van der Waals surface area (Å²) in [5, 5.41) is 4.42. The van der Waals surface area contributed by atoms with Gasteiger partial charge in [0.05, 0.1) is 0 Å². The van der Waals surface area contributed by atoms with Crippen molar-refractivity contribution < 1.29 is 14.0 Å². The van der Waals surface area contributed by atoms with Crippen molar-refractivity contribution in [3.05, 3.63) is 299 Å². The van der Waals surface area contributed by atoms with Crippen LogP contribution in [0.4, 0.5) is 0 Å². The van der Waals surface area contributed by atoms with E-state index in [2.05, 4.69) is 72.8 Å². The van der Waals surface area contributed by atoms with Crippen molar-refractivity contribution >= 4 is 66.6 Å². The first-order chi connectivity index (χ1) is 32.1. The molecule has 65 heavy (non-hydrogen) atoms. The number of rotatable bonds is 8. The summed E-state index contributed by atoms with van der Waals surface area (Å²) in [6.07, 6.45) is 8.04. The molecule has 0 saturated heterocycles. The van der Waals surface area contributed by atoms with Crippen LogP contribution in [0, 0.1) is 0 Å². The van der Waals surface area contributed by atoms with Gasteiger partial charge in [0, 0.05) is 33.4 Å². The van der Waals surface area contributed by atoms with Gasteiger partial charge < -0.3 is 4.42 Å². The fraction of sp³-hybridized carbons (Fsp3) is 0. The predicted molar refractivity (Wildman–Crippen MR) is 266 cm³/mol. The molecule has 0 bridgehead atoms. The maximum absolute atomic E-state index is 14.5. The lowest BCUT2D eigenvalue weighted by atomic mass is 9.83. The largest absolute Gasteiger partial charge is 0.456 e. The number of ketones is 2. The molecule has 0 fully saturated rings. The second kappa shape index (κ2) is 16.9. The van der Waals surface area contributed by atoms with Gasteiger partial charge in [-0.1, -0.05) is 194 Å².